The van der Waals surface area contributed by atoms with E-state index in [1.807, 2.05) is 4.40 Å². The number of carboxylic acids is 1. The van der Waals surface area contributed by atoms with Crippen LogP contribution in [0.15, 0.2) is 24.8 Å². The van der Waals surface area contributed by atoms with Gasteiger partial charge < -0.3 is 9.51 Å². The summed E-state index contributed by atoms with van der Waals surface area (Å²) in [5.74, 6) is -0.809. The fraction of sp³-hybridized carbons (Fsp3) is 0.364. The first-order chi connectivity index (χ1) is 7.50. The van der Waals surface area contributed by atoms with Crippen LogP contribution in [0.25, 0.3) is 5.65 Å². The SMILES string of the molecule is CC(C)(Cc1cnc2cnccn12)C(=O)O. The summed E-state index contributed by atoms with van der Waals surface area (Å²) in [5.41, 5.74) is 0.822. The third-order valence-electron chi connectivity index (χ3n) is 2.60. The molecule has 0 aliphatic carbocycles. The second-order valence-electron chi connectivity index (χ2n) is 4.42. The zero-order valence-corrected chi connectivity index (χ0v) is 9.21. The number of fused-ring (bicyclic) bond motifs is 1. The molecule has 2 heterocycles. The Kier molecular flexibility index (Phi) is 2.38. The number of aromatic nitrogens is 3. The molecule has 0 spiro atoms. The summed E-state index contributed by atoms with van der Waals surface area (Å²) in [6.07, 6.45) is 7.23. The Morgan fingerprint density at radius 3 is 2.94 bits per heavy atom. The number of carbonyl (C=O) groups is 1. The van der Waals surface area contributed by atoms with Crippen molar-refractivity contribution < 1.29 is 9.90 Å². The highest BCUT2D eigenvalue weighted by Crippen LogP contribution is 2.22. The molecule has 0 radical (unpaired) electrons. The number of hydrogen-bond donors (Lipinski definition) is 1. The Hall–Kier alpha value is -1.91. The summed E-state index contributed by atoms with van der Waals surface area (Å²) < 4.78 is 1.86. The van der Waals surface area contributed by atoms with Gasteiger partial charge in [-0.2, -0.15) is 0 Å². The smallest absolute Gasteiger partial charge is 0.309 e. The molecule has 0 fully saturated rings. The van der Waals surface area contributed by atoms with Crippen LogP contribution in [-0.2, 0) is 11.2 Å². The molecule has 16 heavy (non-hydrogen) atoms. The molecule has 0 aliphatic heterocycles. The molecular weight excluding hydrogens is 206 g/mol. The van der Waals surface area contributed by atoms with Gasteiger partial charge in [0.1, 0.15) is 0 Å². The number of aliphatic carboxylic acids is 1. The van der Waals surface area contributed by atoms with Crippen molar-refractivity contribution in [2.75, 3.05) is 0 Å². The quantitative estimate of drug-likeness (QED) is 0.846. The van der Waals surface area contributed by atoms with Gasteiger partial charge in [0.15, 0.2) is 5.65 Å². The monoisotopic (exact) mass is 219 g/mol. The molecule has 0 aliphatic rings. The molecule has 2 rings (SSSR count). The van der Waals surface area contributed by atoms with Gasteiger partial charge in [-0.15, -0.1) is 0 Å². The summed E-state index contributed by atoms with van der Waals surface area (Å²) in [5, 5.41) is 9.07. The molecule has 0 atom stereocenters. The van der Waals surface area contributed by atoms with Crippen molar-refractivity contribution in [3.63, 3.8) is 0 Å². The topological polar surface area (TPSA) is 67.5 Å². The number of nitrogens with zero attached hydrogens (tertiary/aromatic N) is 3. The minimum atomic E-state index is -0.809. The van der Waals surface area contributed by atoms with E-state index in [9.17, 15) is 4.79 Å². The first-order valence-electron chi connectivity index (χ1n) is 5.00. The van der Waals surface area contributed by atoms with Crippen LogP contribution in [-0.4, -0.2) is 25.4 Å². The lowest BCUT2D eigenvalue weighted by Crippen LogP contribution is -2.26. The van der Waals surface area contributed by atoms with E-state index in [4.69, 9.17) is 5.11 Å². The van der Waals surface area contributed by atoms with E-state index in [2.05, 4.69) is 9.97 Å². The maximum atomic E-state index is 11.0. The van der Waals surface area contributed by atoms with Gasteiger partial charge in [0.05, 0.1) is 11.6 Å². The van der Waals surface area contributed by atoms with Crippen molar-refractivity contribution in [2.24, 2.45) is 5.41 Å². The van der Waals surface area contributed by atoms with Gasteiger partial charge in [-0.25, -0.2) is 4.98 Å². The van der Waals surface area contributed by atoms with Gasteiger partial charge in [0.2, 0.25) is 0 Å². The zero-order valence-electron chi connectivity index (χ0n) is 9.21. The fourth-order valence-corrected chi connectivity index (χ4v) is 1.55. The van der Waals surface area contributed by atoms with Gasteiger partial charge >= 0.3 is 5.97 Å². The molecule has 2 aromatic heterocycles. The van der Waals surface area contributed by atoms with Crippen molar-refractivity contribution >= 4 is 11.6 Å². The lowest BCUT2D eigenvalue weighted by Gasteiger charge is -2.18. The minimum Gasteiger partial charge on any atom is -0.481 e. The average molecular weight is 219 g/mol. The molecule has 0 saturated carbocycles. The summed E-state index contributed by atoms with van der Waals surface area (Å²) in [4.78, 5) is 19.2. The molecule has 5 heteroatoms. The van der Waals surface area contributed by atoms with Crippen LogP contribution in [0.5, 0.6) is 0 Å². The van der Waals surface area contributed by atoms with E-state index >= 15 is 0 Å². The Morgan fingerprint density at radius 1 is 1.50 bits per heavy atom. The van der Waals surface area contributed by atoms with Gasteiger partial charge in [0.25, 0.3) is 0 Å². The summed E-state index contributed by atoms with van der Waals surface area (Å²) in [6.45, 7) is 3.41. The average Bonchev–Trinajstić information content (AvgIpc) is 2.61. The molecule has 0 saturated heterocycles. The van der Waals surface area contributed by atoms with E-state index in [1.165, 1.54) is 0 Å². The molecule has 84 valence electrons. The second kappa shape index (κ2) is 3.59. The van der Waals surface area contributed by atoms with Gasteiger partial charge in [0, 0.05) is 30.7 Å². The van der Waals surface area contributed by atoms with Crippen molar-refractivity contribution in [3.8, 4) is 0 Å². The van der Waals surface area contributed by atoms with Crippen molar-refractivity contribution in [1.82, 2.24) is 14.4 Å². The van der Waals surface area contributed by atoms with E-state index in [-0.39, 0.29) is 0 Å². The van der Waals surface area contributed by atoms with E-state index < -0.39 is 11.4 Å². The van der Waals surface area contributed by atoms with Crippen LogP contribution in [0, 0.1) is 5.41 Å². The van der Waals surface area contributed by atoms with E-state index in [0.717, 1.165) is 11.3 Å². The summed E-state index contributed by atoms with van der Waals surface area (Å²) in [6, 6.07) is 0. The maximum Gasteiger partial charge on any atom is 0.309 e. The first kappa shape index (κ1) is 10.6. The highest BCUT2D eigenvalue weighted by atomic mass is 16.4. The predicted molar refractivity (Wildman–Crippen MR) is 58.1 cm³/mol. The number of hydrogen-bond acceptors (Lipinski definition) is 3. The summed E-state index contributed by atoms with van der Waals surface area (Å²) in [7, 11) is 0. The zero-order chi connectivity index (χ0) is 11.8. The van der Waals surface area contributed by atoms with Gasteiger partial charge in [-0.05, 0) is 13.8 Å². The van der Waals surface area contributed by atoms with Crippen molar-refractivity contribution in [3.05, 3.63) is 30.5 Å². The Morgan fingerprint density at radius 2 is 2.25 bits per heavy atom. The van der Waals surface area contributed by atoms with Crippen LogP contribution < -0.4 is 0 Å². The molecule has 0 unspecified atom stereocenters. The van der Waals surface area contributed by atoms with E-state index in [0.29, 0.717) is 6.42 Å². The van der Waals surface area contributed by atoms with Crippen molar-refractivity contribution in [1.29, 1.82) is 0 Å². The normalized spacial score (nSPS) is 11.9. The molecule has 2 aromatic rings. The first-order valence-corrected chi connectivity index (χ1v) is 5.00. The molecule has 0 aromatic carbocycles. The molecule has 5 nitrogen and oxygen atoms in total. The summed E-state index contributed by atoms with van der Waals surface area (Å²) >= 11 is 0. The van der Waals surface area contributed by atoms with Crippen LogP contribution >= 0.6 is 0 Å². The maximum absolute atomic E-state index is 11.0. The molecule has 0 amide bonds. The molecular formula is C11H13N3O2. The van der Waals surface area contributed by atoms with Gasteiger partial charge in [-0.1, -0.05) is 0 Å². The van der Waals surface area contributed by atoms with Crippen LogP contribution in [0.2, 0.25) is 0 Å². The highest BCUT2D eigenvalue weighted by Gasteiger charge is 2.28. The number of carboxylic acid groups (broad SMARTS) is 1. The molecule has 1 N–H and O–H groups in total. The lowest BCUT2D eigenvalue weighted by atomic mass is 9.88. The third-order valence-corrected chi connectivity index (χ3v) is 2.60. The Balaban J connectivity index is 2.38. The fourth-order valence-electron chi connectivity index (χ4n) is 1.55. The minimum absolute atomic E-state index is 0.438. The lowest BCUT2D eigenvalue weighted by molar-refractivity contribution is -0.146. The number of rotatable bonds is 3. The van der Waals surface area contributed by atoms with Gasteiger partial charge in [-0.3, -0.25) is 9.78 Å². The van der Waals surface area contributed by atoms with Crippen LogP contribution in [0.1, 0.15) is 19.5 Å². The Labute approximate surface area is 92.8 Å². The number of imidazole rings is 1. The largest absolute Gasteiger partial charge is 0.481 e. The Bertz CT molecular complexity index is 531. The van der Waals surface area contributed by atoms with E-state index in [1.54, 1.807) is 38.6 Å². The molecule has 0 bridgehead atoms. The highest BCUT2D eigenvalue weighted by molar-refractivity contribution is 5.74. The van der Waals surface area contributed by atoms with Crippen LogP contribution in [0.3, 0.4) is 0 Å². The second-order valence-corrected chi connectivity index (χ2v) is 4.42. The standard InChI is InChI=1S/C11H13N3O2/c1-11(2,10(15)16)5-8-6-13-9-7-12-3-4-14(8)9/h3-4,6-7H,5H2,1-2H3,(H,15,16). The van der Waals surface area contributed by atoms with Crippen molar-refractivity contribution in [2.45, 2.75) is 20.3 Å². The third kappa shape index (κ3) is 1.76. The predicted octanol–water partition coefficient (Wildman–Crippen LogP) is 1.38. The van der Waals surface area contributed by atoms with Crippen LogP contribution in [0.4, 0.5) is 0 Å².